The molecule has 2 unspecified atom stereocenters. The van der Waals surface area contributed by atoms with Crippen molar-refractivity contribution in [2.24, 2.45) is 5.73 Å². The highest BCUT2D eigenvalue weighted by molar-refractivity contribution is 7.10. The van der Waals surface area contributed by atoms with Gasteiger partial charge in [0, 0.05) is 29.9 Å². The van der Waals surface area contributed by atoms with Crippen LogP contribution in [0.1, 0.15) is 31.6 Å². The predicted molar refractivity (Wildman–Crippen MR) is 72.8 cm³/mol. The van der Waals surface area contributed by atoms with Crippen molar-refractivity contribution in [3.63, 3.8) is 0 Å². The van der Waals surface area contributed by atoms with E-state index in [1.54, 1.807) is 16.2 Å². The minimum Gasteiger partial charge on any atom is -0.444 e. The number of amides is 1. The molecule has 1 aromatic rings. The molecule has 1 saturated heterocycles. The fourth-order valence-corrected chi connectivity index (χ4v) is 3.00. The number of thiophene rings is 1. The lowest BCUT2D eigenvalue weighted by Crippen LogP contribution is -2.36. The highest BCUT2D eigenvalue weighted by atomic mass is 32.1. The lowest BCUT2D eigenvalue weighted by molar-refractivity contribution is 0.0290. The van der Waals surface area contributed by atoms with Gasteiger partial charge in [-0.05, 0) is 32.2 Å². The van der Waals surface area contributed by atoms with Gasteiger partial charge in [-0.3, -0.25) is 0 Å². The van der Waals surface area contributed by atoms with Crippen LogP contribution in [0.15, 0.2) is 17.5 Å². The first-order valence-corrected chi connectivity index (χ1v) is 7.02. The lowest BCUT2D eigenvalue weighted by Gasteiger charge is -2.24. The molecule has 0 saturated carbocycles. The maximum atomic E-state index is 12.0. The van der Waals surface area contributed by atoms with Crippen LogP contribution < -0.4 is 5.73 Å². The molecule has 0 aromatic carbocycles. The summed E-state index contributed by atoms with van der Waals surface area (Å²) in [6, 6.07) is 4.09. The highest BCUT2D eigenvalue weighted by Crippen LogP contribution is 2.30. The van der Waals surface area contributed by atoms with Gasteiger partial charge in [-0.15, -0.1) is 11.3 Å². The molecule has 1 fully saturated rings. The lowest BCUT2D eigenvalue weighted by atomic mass is 10.0. The van der Waals surface area contributed by atoms with E-state index in [1.165, 1.54) is 4.88 Å². The topological polar surface area (TPSA) is 55.6 Å². The molecule has 0 bridgehead atoms. The summed E-state index contributed by atoms with van der Waals surface area (Å²) in [5.74, 6) is 0.234. The summed E-state index contributed by atoms with van der Waals surface area (Å²) < 4.78 is 5.37. The monoisotopic (exact) mass is 268 g/mol. The average Bonchev–Trinajstić information content (AvgIpc) is 2.82. The molecule has 18 heavy (non-hydrogen) atoms. The fraction of sp³-hybridized carbons (Fsp3) is 0.615. The summed E-state index contributed by atoms with van der Waals surface area (Å²) >= 11 is 1.69. The Hall–Kier alpha value is -1.07. The normalized spacial score (nSPS) is 24.3. The molecule has 0 aliphatic carbocycles. The summed E-state index contributed by atoms with van der Waals surface area (Å²) in [4.78, 5) is 14.9. The summed E-state index contributed by atoms with van der Waals surface area (Å²) in [7, 11) is 0. The zero-order valence-corrected chi connectivity index (χ0v) is 11.9. The van der Waals surface area contributed by atoms with E-state index >= 15 is 0 Å². The van der Waals surface area contributed by atoms with E-state index in [9.17, 15) is 4.79 Å². The minimum atomic E-state index is -0.456. The van der Waals surface area contributed by atoms with Crippen LogP contribution in [0.3, 0.4) is 0 Å². The van der Waals surface area contributed by atoms with Gasteiger partial charge in [-0.1, -0.05) is 6.07 Å². The molecule has 2 rings (SSSR count). The van der Waals surface area contributed by atoms with Crippen LogP contribution >= 0.6 is 11.3 Å². The van der Waals surface area contributed by atoms with Crippen LogP contribution in [-0.2, 0) is 4.74 Å². The van der Waals surface area contributed by atoms with Crippen molar-refractivity contribution in [3.8, 4) is 0 Å². The Balaban J connectivity index is 2.00. The highest BCUT2D eigenvalue weighted by Gasteiger charge is 2.36. The maximum Gasteiger partial charge on any atom is 0.410 e. The molecule has 0 radical (unpaired) electrons. The van der Waals surface area contributed by atoms with Crippen molar-refractivity contribution in [1.82, 2.24) is 4.90 Å². The SMILES string of the molecule is CC(C)(C)OC(=O)N1CC(N)C(c2cccs2)C1. The molecule has 1 amide bonds. The number of carbonyl (C=O) groups is 1. The second-order valence-corrected chi connectivity index (χ2v) is 6.65. The van der Waals surface area contributed by atoms with Gasteiger partial charge in [0.2, 0.25) is 0 Å². The molecule has 2 atom stereocenters. The van der Waals surface area contributed by atoms with Gasteiger partial charge < -0.3 is 15.4 Å². The van der Waals surface area contributed by atoms with E-state index in [0.29, 0.717) is 13.1 Å². The minimum absolute atomic E-state index is 0.00355. The Morgan fingerprint density at radius 2 is 2.22 bits per heavy atom. The summed E-state index contributed by atoms with van der Waals surface area (Å²) in [6.07, 6.45) is -0.267. The number of nitrogens with zero attached hydrogens (tertiary/aromatic N) is 1. The van der Waals surface area contributed by atoms with Crippen LogP contribution in [0.25, 0.3) is 0 Å². The largest absolute Gasteiger partial charge is 0.444 e. The number of carbonyl (C=O) groups excluding carboxylic acids is 1. The first-order valence-electron chi connectivity index (χ1n) is 6.14. The number of rotatable bonds is 1. The maximum absolute atomic E-state index is 12.0. The molecule has 4 nitrogen and oxygen atoms in total. The van der Waals surface area contributed by atoms with Gasteiger partial charge >= 0.3 is 6.09 Å². The van der Waals surface area contributed by atoms with E-state index in [4.69, 9.17) is 10.5 Å². The first-order chi connectivity index (χ1) is 8.37. The second kappa shape index (κ2) is 4.90. The molecule has 1 aromatic heterocycles. The number of hydrogen-bond donors (Lipinski definition) is 1. The van der Waals surface area contributed by atoms with Gasteiger partial charge in [-0.2, -0.15) is 0 Å². The molecule has 2 heterocycles. The van der Waals surface area contributed by atoms with Crippen molar-refractivity contribution in [3.05, 3.63) is 22.4 Å². The molecule has 5 heteroatoms. The van der Waals surface area contributed by atoms with Crippen molar-refractivity contribution < 1.29 is 9.53 Å². The smallest absolute Gasteiger partial charge is 0.410 e. The number of hydrogen-bond acceptors (Lipinski definition) is 4. The molecule has 1 aliphatic heterocycles. The third-order valence-corrected chi connectivity index (χ3v) is 3.93. The van der Waals surface area contributed by atoms with E-state index in [0.717, 1.165) is 0 Å². The fourth-order valence-electron chi connectivity index (χ4n) is 2.11. The molecule has 100 valence electrons. The van der Waals surface area contributed by atoms with Crippen molar-refractivity contribution in [2.45, 2.75) is 38.3 Å². The summed E-state index contributed by atoms with van der Waals surface area (Å²) in [5.41, 5.74) is 5.66. The molecule has 1 aliphatic rings. The van der Waals surface area contributed by atoms with E-state index in [2.05, 4.69) is 6.07 Å². The molecular weight excluding hydrogens is 248 g/mol. The van der Waals surface area contributed by atoms with Gasteiger partial charge in [0.1, 0.15) is 5.60 Å². The number of likely N-dealkylation sites (tertiary alicyclic amines) is 1. The zero-order chi connectivity index (χ0) is 13.3. The zero-order valence-electron chi connectivity index (χ0n) is 11.1. The first kappa shape index (κ1) is 13.4. The summed E-state index contributed by atoms with van der Waals surface area (Å²) in [5, 5.41) is 2.04. The molecule has 0 spiro atoms. The van der Waals surface area contributed by atoms with E-state index in [-0.39, 0.29) is 18.1 Å². The second-order valence-electron chi connectivity index (χ2n) is 5.67. The Morgan fingerprint density at radius 1 is 1.50 bits per heavy atom. The van der Waals surface area contributed by atoms with Crippen molar-refractivity contribution in [2.75, 3.05) is 13.1 Å². The quantitative estimate of drug-likeness (QED) is 0.851. The number of ether oxygens (including phenoxy) is 1. The van der Waals surface area contributed by atoms with E-state index in [1.807, 2.05) is 32.2 Å². The van der Waals surface area contributed by atoms with Gasteiger partial charge in [0.25, 0.3) is 0 Å². The summed E-state index contributed by atoms with van der Waals surface area (Å²) in [6.45, 7) is 6.83. The van der Waals surface area contributed by atoms with Crippen molar-refractivity contribution >= 4 is 17.4 Å². The Labute approximate surface area is 112 Å². The third kappa shape index (κ3) is 3.03. The Kier molecular flexibility index (Phi) is 3.64. The molecule has 2 N–H and O–H groups in total. The van der Waals surface area contributed by atoms with Gasteiger partial charge in [0.05, 0.1) is 0 Å². The van der Waals surface area contributed by atoms with Crippen LogP contribution in [0, 0.1) is 0 Å². The number of nitrogens with two attached hydrogens (primary N) is 1. The average molecular weight is 268 g/mol. The van der Waals surface area contributed by atoms with Crippen LogP contribution in [0.2, 0.25) is 0 Å². The third-order valence-electron chi connectivity index (χ3n) is 2.93. The van der Waals surface area contributed by atoms with Gasteiger partial charge in [0.15, 0.2) is 0 Å². The molecular formula is C13H20N2O2S. The van der Waals surface area contributed by atoms with Crippen molar-refractivity contribution in [1.29, 1.82) is 0 Å². The van der Waals surface area contributed by atoms with Crippen LogP contribution in [-0.4, -0.2) is 35.7 Å². The van der Waals surface area contributed by atoms with E-state index < -0.39 is 5.60 Å². The predicted octanol–water partition coefficient (Wildman–Crippen LogP) is 2.41. The van der Waals surface area contributed by atoms with Gasteiger partial charge in [-0.25, -0.2) is 4.79 Å². The Bertz CT molecular complexity index is 411. The standard InChI is InChI=1S/C13H20N2O2S/c1-13(2,3)17-12(16)15-7-9(10(14)8-15)11-5-4-6-18-11/h4-6,9-10H,7-8,14H2,1-3H3. The van der Waals surface area contributed by atoms with Crippen LogP contribution in [0.4, 0.5) is 4.79 Å². The Morgan fingerprint density at radius 3 is 2.78 bits per heavy atom. The van der Waals surface area contributed by atoms with Crippen LogP contribution in [0.5, 0.6) is 0 Å².